The number of fused-ring (bicyclic) bond motifs is 1. The Balaban J connectivity index is 2.09. The van der Waals surface area contributed by atoms with Crippen LogP contribution in [0, 0.1) is 0 Å². The van der Waals surface area contributed by atoms with Gasteiger partial charge in [0.15, 0.2) is 15.4 Å². The van der Waals surface area contributed by atoms with E-state index in [1.807, 2.05) is 0 Å². The Morgan fingerprint density at radius 3 is 2.40 bits per heavy atom. The van der Waals surface area contributed by atoms with Gasteiger partial charge in [-0.05, 0) is 36.4 Å². The van der Waals surface area contributed by atoms with Crippen molar-refractivity contribution in [1.29, 1.82) is 0 Å². The van der Waals surface area contributed by atoms with Gasteiger partial charge in [-0.2, -0.15) is 0 Å². The van der Waals surface area contributed by atoms with E-state index in [0.717, 1.165) is 0 Å². The number of rotatable bonds is 2. The molecule has 0 saturated carbocycles. The van der Waals surface area contributed by atoms with Gasteiger partial charge < -0.3 is 10.2 Å². The minimum Gasteiger partial charge on any atom is -0.436 e. The zero-order valence-electron chi connectivity index (χ0n) is 10.7. The van der Waals surface area contributed by atoms with Gasteiger partial charge in [-0.1, -0.05) is 6.07 Å². The Morgan fingerprint density at radius 2 is 1.80 bits per heavy atom. The maximum Gasteiger partial charge on any atom is 0.227 e. The Labute approximate surface area is 116 Å². The number of aromatic nitrogens is 1. The molecule has 0 radical (unpaired) electrons. The van der Waals surface area contributed by atoms with Crippen LogP contribution in [0.25, 0.3) is 22.6 Å². The number of nitrogens with two attached hydrogens (primary N) is 1. The molecule has 0 unspecified atom stereocenters. The minimum atomic E-state index is -3.20. The Hall–Kier alpha value is -2.34. The highest BCUT2D eigenvalue weighted by Crippen LogP contribution is 2.27. The van der Waals surface area contributed by atoms with E-state index in [4.69, 9.17) is 10.2 Å². The quantitative estimate of drug-likeness (QED) is 0.732. The summed E-state index contributed by atoms with van der Waals surface area (Å²) in [6.45, 7) is 0. The highest BCUT2D eigenvalue weighted by molar-refractivity contribution is 7.90. The van der Waals surface area contributed by atoms with Gasteiger partial charge in [0.25, 0.3) is 0 Å². The number of sulfone groups is 1. The topological polar surface area (TPSA) is 86.2 Å². The molecule has 0 atom stereocenters. The maximum atomic E-state index is 11.4. The van der Waals surface area contributed by atoms with E-state index in [-0.39, 0.29) is 4.90 Å². The SMILES string of the molecule is CS(=O)(=O)c1ccc(-c2nc3c(N)cccc3o2)cc1. The van der Waals surface area contributed by atoms with Gasteiger partial charge in [0.1, 0.15) is 5.52 Å². The van der Waals surface area contributed by atoms with Crippen molar-refractivity contribution < 1.29 is 12.8 Å². The molecule has 3 rings (SSSR count). The van der Waals surface area contributed by atoms with Crippen LogP contribution in [0.15, 0.2) is 51.8 Å². The van der Waals surface area contributed by atoms with Crippen LogP contribution in [0.5, 0.6) is 0 Å². The van der Waals surface area contributed by atoms with Crippen LogP contribution in [0.3, 0.4) is 0 Å². The van der Waals surface area contributed by atoms with Gasteiger partial charge in [0.2, 0.25) is 5.89 Å². The molecule has 0 aliphatic heterocycles. The van der Waals surface area contributed by atoms with Crippen molar-refractivity contribution in [2.45, 2.75) is 4.90 Å². The van der Waals surface area contributed by atoms with E-state index in [1.165, 1.54) is 18.4 Å². The van der Waals surface area contributed by atoms with E-state index in [2.05, 4.69) is 4.98 Å². The maximum absolute atomic E-state index is 11.4. The van der Waals surface area contributed by atoms with Crippen LogP contribution in [-0.2, 0) is 9.84 Å². The third kappa shape index (κ3) is 2.14. The van der Waals surface area contributed by atoms with E-state index in [0.29, 0.717) is 28.2 Å². The molecular formula is C14H12N2O3S. The Morgan fingerprint density at radius 1 is 1.10 bits per heavy atom. The van der Waals surface area contributed by atoms with E-state index < -0.39 is 9.84 Å². The predicted molar refractivity (Wildman–Crippen MR) is 77.0 cm³/mol. The Bertz CT molecular complexity index is 880. The van der Waals surface area contributed by atoms with Gasteiger partial charge >= 0.3 is 0 Å². The molecule has 0 fully saturated rings. The molecule has 1 heterocycles. The first kappa shape index (κ1) is 12.7. The summed E-state index contributed by atoms with van der Waals surface area (Å²) in [5.74, 6) is 0.415. The number of para-hydroxylation sites is 1. The zero-order chi connectivity index (χ0) is 14.3. The molecule has 0 amide bonds. The van der Waals surface area contributed by atoms with Crippen molar-refractivity contribution in [2.24, 2.45) is 0 Å². The summed E-state index contributed by atoms with van der Waals surface area (Å²) in [5.41, 5.74) is 8.29. The van der Waals surface area contributed by atoms with Crippen LogP contribution in [-0.4, -0.2) is 19.7 Å². The average molecular weight is 288 g/mol. The second-order valence-corrected chi connectivity index (χ2v) is 6.53. The van der Waals surface area contributed by atoms with E-state index in [9.17, 15) is 8.42 Å². The number of benzene rings is 2. The number of nitrogen functional groups attached to an aromatic ring is 1. The molecule has 6 heteroatoms. The lowest BCUT2D eigenvalue weighted by molar-refractivity contribution is 0.601. The molecule has 1 aromatic heterocycles. The smallest absolute Gasteiger partial charge is 0.227 e. The van der Waals surface area contributed by atoms with Crippen molar-refractivity contribution >= 4 is 26.6 Å². The first-order valence-corrected chi connectivity index (χ1v) is 7.80. The van der Waals surface area contributed by atoms with Gasteiger partial charge in [-0.3, -0.25) is 0 Å². The predicted octanol–water partition coefficient (Wildman–Crippen LogP) is 2.48. The van der Waals surface area contributed by atoms with Gasteiger partial charge in [0, 0.05) is 11.8 Å². The average Bonchev–Trinajstić information content (AvgIpc) is 2.83. The Kier molecular flexibility index (Phi) is 2.76. The molecule has 102 valence electrons. The fourth-order valence-electron chi connectivity index (χ4n) is 1.94. The first-order valence-electron chi connectivity index (χ1n) is 5.91. The van der Waals surface area contributed by atoms with Crippen LogP contribution in [0.1, 0.15) is 0 Å². The van der Waals surface area contributed by atoms with Crippen LogP contribution < -0.4 is 5.73 Å². The molecule has 0 saturated heterocycles. The van der Waals surface area contributed by atoms with Crippen molar-refractivity contribution in [2.75, 3.05) is 12.0 Å². The van der Waals surface area contributed by atoms with Gasteiger partial charge in [0.05, 0.1) is 10.6 Å². The molecule has 2 N–H and O–H groups in total. The molecule has 0 aliphatic rings. The molecule has 0 spiro atoms. The van der Waals surface area contributed by atoms with Crippen LogP contribution in [0.2, 0.25) is 0 Å². The monoisotopic (exact) mass is 288 g/mol. The number of oxazole rings is 1. The molecule has 0 bridgehead atoms. The lowest BCUT2D eigenvalue weighted by Crippen LogP contribution is -1.96. The summed E-state index contributed by atoms with van der Waals surface area (Å²) in [7, 11) is -3.20. The van der Waals surface area contributed by atoms with Gasteiger partial charge in [-0.15, -0.1) is 0 Å². The second kappa shape index (κ2) is 4.35. The normalized spacial score (nSPS) is 11.8. The summed E-state index contributed by atoms with van der Waals surface area (Å²) < 4.78 is 28.4. The molecule has 0 aliphatic carbocycles. The minimum absolute atomic E-state index is 0.261. The first-order chi connectivity index (χ1) is 9.45. The second-order valence-electron chi connectivity index (χ2n) is 4.51. The van der Waals surface area contributed by atoms with Gasteiger partial charge in [-0.25, -0.2) is 13.4 Å². The largest absolute Gasteiger partial charge is 0.436 e. The third-order valence-corrected chi connectivity index (χ3v) is 4.11. The van der Waals surface area contributed by atoms with Crippen molar-refractivity contribution in [3.63, 3.8) is 0 Å². The third-order valence-electron chi connectivity index (χ3n) is 2.98. The summed E-state index contributed by atoms with van der Waals surface area (Å²) in [5, 5.41) is 0. The van der Waals surface area contributed by atoms with Crippen LogP contribution >= 0.6 is 0 Å². The van der Waals surface area contributed by atoms with Crippen molar-refractivity contribution in [3.05, 3.63) is 42.5 Å². The summed E-state index contributed by atoms with van der Waals surface area (Å²) in [6, 6.07) is 11.7. The standard InChI is InChI=1S/C14H12N2O3S/c1-20(17,18)10-7-5-9(6-8-10)14-16-13-11(15)3-2-4-12(13)19-14/h2-8H,15H2,1H3. The molecule has 5 nitrogen and oxygen atoms in total. The van der Waals surface area contributed by atoms with Crippen LogP contribution in [0.4, 0.5) is 5.69 Å². The fraction of sp³-hybridized carbons (Fsp3) is 0.0714. The molecule has 2 aromatic carbocycles. The molecular weight excluding hydrogens is 276 g/mol. The molecule has 3 aromatic rings. The number of hydrogen-bond acceptors (Lipinski definition) is 5. The number of anilines is 1. The highest BCUT2D eigenvalue weighted by atomic mass is 32.2. The summed E-state index contributed by atoms with van der Waals surface area (Å²) in [4.78, 5) is 4.59. The summed E-state index contributed by atoms with van der Waals surface area (Å²) >= 11 is 0. The number of hydrogen-bond donors (Lipinski definition) is 1. The van der Waals surface area contributed by atoms with E-state index in [1.54, 1.807) is 30.3 Å². The van der Waals surface area contributed by atoms with E-state index >= 15 is 0 Å². The fourth-order valence-corrected chi connectivity index (χ4v) is 2.57. The molecule has 20 heavy (non-hydrogen) atoms. The summed E-state index contributed by atoms with van der Waals surface area (Å²) in [6.07, 6.45) is 1.17. The zero-order valence-corrected chi connectivity index (χ0v) is 11.5. The lowest BCUT2D eigenvalue weighted by atomic mass is 10.2. The highest BCUT2D eigenvalue weighted by Gasteiger charge is 2.12. The van der Waals surface area contributed by atoms with Crippen molar-refractivity contribution in [1.82, 2.24) is 4.98 Å². The van der Waals surface area contributed by atoms with Crippen molar-refractivity contribution in [3.8, 4) is 11.5 Å². The lowest BCUT2D eigenvalue weighted by Gasteiger charge is -1.99. The number of nitrogens with zero attached hydrogens (tertiary/aromatic N) is 1.